The molecule has 0 atom stereocenters. The van der Waals surface area contributed by atoms with E-state index < -0.39 is 7.59 Å². The second-order valence-corrected chi connectivity index (χ2v) is 8.90. The molecular weight excluding hydrogens is 427 g/mol. The van der Waals surface area contributed by atoms with E-state index in [1.165, 1.54) is 0 Å². The molecule has 0 saturated heterocycles. The third-order valence-corrected chi connectivity index (χ3v) is 3.72. The Kier molecular flexibility index (Phi) is 6.10. The Morgan fingerprint density at radius 3 is 2.00 bits per heavy atom. The molecule has 2 heterocycles. The maximum Gasteiger partial charge on any atom is 0.250 e. The van der Waals surface area contributed by atoms with Crippen molar-refractivity contribution in [2.75, 3.05) is 0 Å². The number of rotatable bonds is 3. The number of halogens is 6. The molecule has 4 nitrogen and oxygen atoms in total. The summed E-state index contributed by atoms with van der Waals surface area (Å²) in [6, 6.07) is 1.87. The van der Waals surface area contributed by atoms with Crippen LogP contribution in [0.25, 0.3) is 12.2 Å². The standard InChI is InChI=1S/C13H9Cl6N3O/c1-2-7-5-6-23-8(7)3-4-9-20-10(12(14,15)16)22-11(21-9)13(17,18)19/h3-6H,2H2,1H3/b4-3+. The average molecular weight is 436 g/mol. The van der Waals surface area contributed by atoms with Gasteiger partial charge in [0.15, 0.2) is 17.5 Å². The average Bonchev–Trinajstić information content (AvgIpc) is 2.90. The minimum absolute atomic E-state index is 0.145. The van der Waals surface area contributed by atoms with Crippen molar-refractivity contribution in [2.45, 2.75) is 20.9 Å². The van der Waals surface area contributed by atoms with Gasteiger partial charge in [-0.3, -0.25) is 0 Å². The second-order valence-electron chi connectivity index (χ2n) is 4.33. The summed E-state index contributed by atoms with van der Waals surface area (Å²) in [5.74, 6) is 0.544. The maximum absolute atomic E-state index is 5.81. The van der Waals surface area contributed by atoms with Gasteiger partial charge < -0.3 is 4.42 Å². The van der Waals surface area contributed by atoms with Crippen LogP contribution in [0, 0.1) is 0 Å². The van der Waals surface area contributed by atoms with Crippen molar-refractivity contribution in [1.82, 2.24) is 15.0 Å². The van der Waals surface area contributed by atoms with Crippen LogP contribution in [0.1, 0.15) is 35.7 Å². The molecule has 2 aromatic rings. The molecule has 0 aliphatic heterocycles. The van der Waals surface area contributed by atoms with Crippen molar-refractivity contribution < 1.29 is 4.42 Å². The van der Waals surface area contributed by atoms with Gasteiger partial charge in [0.2, 0.25) is 7.59 Å². The van der Waals surface area contributed by atoms with Crippen molar-refractivity contribution in [2.24, 2.45) is 0 Å². The molecule has 2 aromatic heterocycles. The smallest absolute Gasteiger partial charge is 0.250 e. The second kappa shape index (κ2) is 7.34. The Hall–Kier alpha value is -0.230. The summed E-state index contributed by atoms with van der Waals surface area (Å²) < 4.78 is 1.60. The highest BCUT2D eigenvalue weighted by Gasteiger charge is 2.33. The number of aromatic nitrogens is 3. The normalized spacial score (nSPS) is 13.0. The number of hydrogen-bond donors (Lipinski definition) is 0. The van der Waals surface area contributed by atoms with Gasteiger partial charge in [-0.1, -0.05) is 76.5 Å². The molecule has 0 saturated carbocycles. The molecule has 0 spiro atoms. The molecule has 0 aromatic carbocycles. The number of furan rings is 1. The summed E-state index contributed by atoms with van der Waals surface area (Å²) in [4.78, 5) is 12.0. The first-order chi connectivity index (χ1) is 10.6. The first-order valence-electron chi connectivity index (χ1n) is 6.26. The van der Waals surface area contributed by atoms with Crippen LogP contribution in [0.4, 0.5) is 0 Å². The van der Waals surface area contributed by atoms with Crippen LogP contribution in [-0.2, 0) is 14.0 Å². The molecule has 0 aliphatic rings. The maximum atomic E-state index is 5.81. The van der Waals surface area contributed by atoms with Crippen LogP contribution in [0.3, 0.4) is 0 Å². The monoisotopic (exact) mass is 433 g/mol. The highest BCUT2D eigenvalue weighted by atomic mass is 35.6. The number of alkyl halides is 6. The fourth-order valence-corrected chi connectivity index (χ4v) is 2.16. The lowest BCUT2D eigenvalue weighted by atomic mass is 10.2. The van der Waals surface area contributed by atoms with E-state index in [1.54, 1.807) is 18.4 Å². The molecule has 0 amide bonds. The highest BCUT2D eigenvalue weighted by Crippen LogP contribution is 2.39. The number of hydrogen-bond acceptors (Lipinski definition) is 4. The van der Waals surface area contributed by atoms with Gasteiger partial charge in [0.05, 0.1) is 6.26 Å². The molecule has 0 bridgehead atoms. The van der Waals surface area contributed by atoms with Gasteiger partial charge in [-0.15, -0.1) is 0 Å². The van der Waals surface area contributed by atoms with Gasteiger partial charge in [-0.2, -0.15) is 0 Å². The summed E-state index contributed by atoms with van der Waals surface area (Å²) in [6.45, 7) is 2.01. The molecule has 0 fully saturated rings. The Bertz CT molecular complexity index is 685. The third kappa shape index (κ3) is 5.12. The first kappa shape index (κ1) is 19.1. The van der Waals surface area contributed by atoms with E-state index in [9.17, 15) is 0 Å². The van der Waals surface area contributed by atoms with Crippen LogP contribution in [0.2, 0.25) is 0 Å². The molecule has 124 valence electrons. The van der Waals surface area contributed by atoms with Crippen molar-refractivity contribution in [3.05, 3.63) is 41.1 Å². The first-order valence-corrected chi connectivity index (χ1v) is 8.53. The molecular formula is C13H9Cl6N3O. The van der Waals surface area contributed by atoms with Crippen molar-refractivity contribution in [1.29, 1.82) is 0 Å². The predicted octanol–water partition coefficient (Wildman–Crippen LogP) is 5.85. The van der Waals surface area contributed by atoms with Gasteiger partial charge in [-0.25, -0.2) is 15.0 Å². The van der Waals surface area contributed by atoms with E-state index >= 15 is 0 Å². The van der Waals surface area contributed by atoms with Gasteiger partial charge in [0.1, 0.15) is 5.76 Å². The van der Waals surface area contributed by atoms with E-state index in [0.29, 0.717) is 5.76 Å². The summed E-state index contributed by atoms with van der Waals surface area (Å²) in [5, 5.41) is 0. The summed E-state index contributed by atoms with van der Waals surface area (Å²) in [5.41, 5.74) is 1.03. The largest absolute Gasteiger partial charge is 0.465 e. The Morgan fingerprint density at radius 2 is 1.52 bits per heavy atom. The summed E-state index contributed by atoms with van der Waals surface area (Å²) >= 11 is 34.8. The van der Waals surface area contributed by atoms with Crippen molar-refractivity contribution in [3.8, 4) is 0 Å². The van der Waals surface area contributed by atoms with Crippen LogP contribution in [0.15, 0.2) is 16.7 Å². The van der Waals surface area contributed by atoms with E-state index in [2.05, 4.69) is 15.0 Å². The summed E-state index contributed by atoms with van der Waals surface area (Å²) in [6.07, 6.45) is 5.63. The quantitative estimate of drug-likeness (QED) is 0.567. The summed E-state index contributed by atoms with van der Waals surface area (Å²) in [7, 11) is 0. The topological polar surface area (TPSA) is 51.8 Å². The molecule has 0 radical (unpaired) electrons. The van der Waals surface area contributed by atoms with E-state index in [0.717, 1.165) is 12.0 Å². The van der Waals surface area contributed by atoms with Crippen LogP contribution in [-0.4, -0.2) is 15.0 Å². The van der Waals surface area contributed by atoms with Gasteiger partial charge >= 0.3 is 0 Å². The molecule has 0 unspecified atom stereocenters. The zero-order valence-corrected chi connectivity index (χ0v) is 16.1. The minimum atomic E-state index is -1.88. The van der Waals surface area contributed by atoms with Crippen LogP contribution < -0.4 is 0 Å². The van der Waals surface area contributed by atoms with Crippen LogP contribution in [0.5, 0.6) is 0 Å². The Balaban J connectivity index is 2.45. The lowest BCUT2D eigenvalue weighted by molar-refractivity contribution is 0.554. The number of aryl methyl sites for hydroxylation is 1. The van der Waals surface area contributed by atoms with Gasteiger partial charge in [-0.05, 0) is 30.2 Å². The van der Waals surface area contributed by atoms with Gasteiger partial charge in [0, 0.05) is 0 Å². The third-order valence-electron chi connectivity index (χ3n) is 2.71. The minimum Gasteiger partial charge on any atom is -0.465 e. The van der Waals surface area contributed by atoms with E-state index in [1.807, 2.05) is 13.0 Å². The number of nitrogens with zero attached hydrogens (tertiary/aromatic N) is 3. The van der Waals surface area contributed by atoms with E-state index in [4.69, 9.17) is 74.0 Å². The van der Waals surface area contributed by atoms with Gasteiger partial charge in [0.25, 0.3) is 0 Å². The Labute approximate surface area is 162 Å². The highest BCUT2D eigenvalue weighted by molar-refractivity contribution is 6.67. The molecule has 0 N–H and O–H groups in total. The zero-order chi connectivity index (χ0) is 17.3. The molecule has 2 rings (SSSR count). The lowest BCUT2D eigenvalue weighted by Crippen LogP contribution is -2.16. The fourth-order valence-electron chi connectivity index (χ4n) is 1.66. The SMILES string of the molecule is CCc1ccoc1/C=C/c1nc(C(Cl)(Cl)Cl)nc(C(Cl)(Cl)Cl)n1. The van der Waals surface area contributed by atoms with Crippen molar-refractivity contribution in [3.63, 3.8) is 0 Å². The molecule has 0 aliphatic carbocycles. The van der Waals surface area contributed by atoms with Crippen LogP contribution >= 0.6 is 69.6 Å². The zero-order valence-electron chi connectivity index (χ0n) is 11.5. The molecule has 23 heavy (non-hydrogen) atoms. The Morgan fingerprint density at radius 1 is 0.957 bits per heavy atom. The lowest BCUT2D eigenvalue weighted by Gasteiger charge is -2.14. The molecule has 10 heteroatoms. The van der Waals surface area contributed by atoms with E-state index in [-0.39, 0.29) is 17.5 Å². The predicted molar refractivity (Wildman–Crippen MR) is 95.3 cm³/mol. The van der Waals surface area contributed by atoms with Crippen molar-refractivity contribution >= 4 is 81.8 Å². The fraction of sp³-hybridized carbons (Fsp3) is 0.308.